The van der Waals surface area contributed by atoms with Crippen molar-refractivity contribution in [1.29, 1.82) is 5.26 Å². The minimum atomic E-state index is 0.468. The van der Waals surface area contributed by atoms with Gasteiger partial charge in [0.1, 0.15) is 0 Å². The Hall–Kier alpha value is -2.12. The smallest absolute Gasteiger partial charge is 0.0707 e. The van der Waals surface area contributed by atoms with Gasteiger partial charge in [0, 0.05) is 31.0 Å². The second-order valence-electron chi connectivity index (χ2n) is 6.49. The summed E-state index contributed by atoms with van der Waals surface area (Å²) in [6.45, 7) is 2.11. The van der Waals surface area contributed by atoms with Crippen LogP contribution in [0.5, 0.6) is 0 Å². The highest BCUT2D eigenvalue weighted by Crippen LogP contribution is 2.43. The van der Waals surface area contributed by atoms with Gasteiger partial charge in [0.2, 0.25) is 0 Å². The van der Waals surface area contributed by atoms with E-state index >= 15 is 0 Å². The fourth-order valence-corrected chi connectivity index (χ4v) is 3.32. The standard InChI is InChI=1S/C18H20N4/c1-21-11-9-17-16(12-21)18(14-4-5-14)20-22(17)15-6-2-13(3-7-15)8-10-19/h2-3,6-7,14H,4-5,8-9,11-12H2,1H3. The quantitative estimate of drug-likeness (QED) is 0.874. The lowest BCUT2D eigenvalue weighted by Crippen LogP contribution is -2.27. The van der Waals surface area contributed by atoms with Crippen LogP contribution in [0.2, 0.25) is 0 Å². The average Bonchev–Trinajstić information content (AvgIpc) is 3.30. The van der Waals surface area contributed by atoms with Gasteiger partial charge in [0.05, 0.1) is 29.6 Å². The molecular formula is C18H20N4. The summed E-state index contributed by atoms with van der Waals surface area (Å²) in [4.78, 5) is 2.39. The Balaban J connectivity index is 1.75. The molecule has 0 saturated heterocycles. The summed E-state index contributed by atoms with van der Waals surface area (Å²) in [5.74, 6) is 0.680. The van der Waals surface area contributed by atoms with Crippen LogP contribution in [0, 0.1) is 11.3 Å². The third kappa shape index (κ3) is 2.32. The van der Waals surface area contributed by atoms with Crippen LogP contribution in [0.3, 0.4) is 0 Å². The number of hydrogen-bond donors (Lipinski definition) is 0. The van der Waals surface area contributed by atoms with Crippen molar-refractivity contribution in [3.8, 4) is 11.8 Å². The van der Waals surface area contributed by atoms with Gasteiger partial charge in [-0.15, -0.1) is 0 Å². The lowest BCUT2D eigenvalue weighted by molar-refractivity contribution is 0.309. The van der Waals surface area contributed by atoms with Crippen molar-refractivity contribution in [2.45, 2.75) is 38.1 Å². The molecule has 1 aliphatic heterocycles. The second-order valence-corrected chi connectivity index (χ2v) is 6.49. The lowest BCUT2D eigenvalue weighted by Gasteiger charge is -2.23. The molecule has 22 heavy (non-hydrogen) atoms. The van der Waals surface area contributed by atoms with E-state index in [1.165, 1.54) is 29.8 Å². The summed E-state index contributed by atoms with van der Waals surface area (Å²) in [6, 6.07) is 10.5. The summed E-state index contributed by atoms with van der Waals surface area (Å²) in [6.07, 6.45) is 4.10. The highest BCUT2D eigenvalue weighted by Gasteiger charge is 2.33. The molecule has 1 aliphatic carbocycles. The van der Waals surface area contributed by atoms with E-state index < -0.39 is 0 Å². The molecule has 0 unspecified atom stereocenters. The normalized spacial score (nSPS) is 18.0. The molecule has 2 aromatic rings. The van der Waals surface area contributed by atoms with Crippen LogP contribution in [0.15, 0.2) is 24.3 Å². The van der Waals surface area contributed by atoms with Crippen LogP contribution >= 0.6 is 0 Å². The van der Waals surface area contributed by atoms with Gasteiger partial charge in [-0.25, -0.2) is 4.68 Å². The summed E-state index contributed by atoms with van der Waals surface area (Å²) in [5, 5.41) is 13.7. The first-order valence-electron chi connectivity index (χ1n) is 8.01. The second kappa shape index (κ2) is 5.26. The highest BCUT2D eigenvalue weighted by molar-refractivity contribution is 5.42. The predicted molar refractivity (Wildman–Crippen MR) is 84.9 cm³/mol. The van der Waals surface area contributed by atoms with Gasteiger partial charge < -0.3 is 4.90 Å². The fraction of sp³-hybridized carbons (Fsp3) is 0.444. The van der Waals surface area contributed by atoms with Gasteiger partial charge >= 0.3 is 0 Å². The third-order valence-corrected chi connectivity index (χ3v) is 4.71. The number of hydrogen-bond acceptors (Lipinski definition) is 3. The van der Waals surface area contributed by atoms with E-state index in [9.17, 15) is 0 Å². The van der Waals surface area contributed by atoms with Crippen LogP contribution in [0.1, 0.15) is 41.3 Å². The van der Waals surface area contributed by atoms with Gasteiger partial charge in [-0.05, 0) is 37.6 Å². The zero-order chi connectivity index (χ0) is 15.1. The van der Waals surface area contributed by atoms with Crippen molar-refractivity contribution in [2.24, 2.45) is 0 Å². The Morgan fingerprint density at radius 3 is 2.73 bits per heavy atom. The Kier molecular flexibility index (Phi) is 3.24. The van der Waals surface area contributed by atoms with Gasteiger partial charge in [-0.2, -0.15) is 10.4 Å². The topological polar surface area (TPSA) is 44.9 Å². The molecule has 1 aromatic carbocycles. The molecule has 0 bridgehead atoms. The molecule has 0 amide bonds. The Morgan fingerprint density at radius 2 is 2.05 bits per heavy atom. The molecule has 0 spiro atoms. The maximum Gasteiger partial charge on any atom is 0.0707 e. The number of aromatic nitrogens is 2. The third-order valence-electron chi connectivity index (χ3n) is 4.71. The number of rotatable bonds is 3. The van der Waals surface area contributed by atoms with Crippen molar-refractivity contribution in [1.82, 2.24) is 14.7 Å². The summed E-state index contributed by atoms with van der Waals surface area (Å²) in [5.41, 5.74) is 6.34. The van der Waals surface area contributed by atoms with Gasteiger partial charge in [-0.1, -0.05) is 12.1 Å². The summed E-state index contributed by atoms with van der Waals surface area (Å²) in [7, 11) is 2.19. The van der Waals surface area contributed by atoms with Crippen LogP contribution < -0.4 is 0 Å². The zero-order valence-electron chi connectivity index (χ0n) is 12.9. The number of fused-ring (bicyclic) bond motifs is 1. The Morgan fingerprint density at radius 1 is 1.27 bits per heavy atom. The first-order valence-corrected chi connectivity index (χ1v) is 8.01. The number of nitriles is 1. The van der Waals surface area contributed by atoms with Crippen LogP contribution in [0.4, 0.5) is 0 Å². The molecule has 4 nitrogen and oxygen atoms in total. The van der Waals surface area contributed by atoms with Crippen LogP contribution in [-0.4, -0.2) is 28.3 Å². The average molecular weight is 292 g/mol. The molecule has 0 N–H and O–H groups in total. The minimum Gasteiger partial charge on any atom is -0.302 e. The van der Waals surface area contributed by atoms with Gasteiger partial charge in [-0.3, -0.25) is 0 Å². The van der Waals surface area contributed by atoms with Crippen molar-refractivity contribution < 1.29 is 0 Å². The summed E-state index contributed by atoms with van der Waals surface area (Å²) >= 11 is 0. The van der Waals surface area contributed by atoms with E-state index in [4.69, 9.17) is 10.4 Å². The van der Waals surface area contributed by atoms with E-state index in [1.807, 2.05) is 12.1 Å². The first-order chi connectivity index (χ1) is 10.8. The molecule has 2 aliphatic rings. The maximum atomic E-state index is 8.79. The molecule has 112 valence electrons. The number of nitrogens with zero attached hydrogens (tertiary/aromatic N) is 4. The maximum absolute atomic E-state index is 8.79. The molecule has 0 radical (unpaired) electrons. The Bertz CT molecular complexity index is 732. The molecule has 4 rings (SSSR count). The van der Waals surface area contributed by atoms with Gasteiger partial charge in [0.25, 0.3) is 0 Å². The largest absolute Gasteiger partial charge is 0.302 e. The number of benzene rings is 1. The van der Waals surface area contributed by atoms with E-state index in [1.54, 1.807) is 0 Å². The predicted octanol–water partition coefficient (Wildman–Crippen LogP) is 2.80. The monoisotopic (exact) mass is 292 g/mol. The first kappa shape index (κ1) is 13.5. The van der Waals surface area contributed by atoms with Crippen LogP contribution in [-0.2, 0) is 19.4 Å². The molecule has 1 fully saturated rings. The van der Waals surface area contributed by atoms with Gasteiger partial charge in [0.15, 0.2) is 0 Å². The lowest BCUT2D eigenvalue weighted by atomic mass is 10.0. The number of likely N-dealkylation sites (N-methyl/N-ethyl adjacent to an activating group) is 1. The molecule has 1 saturated carbocycles. The van der Waals surface area contributed by atoms with E-state index in [0.29, 0.717) is 12.3 Å². The SMILES string of the molecule is CN1CCc2c(c(C3CC3)nn2-c2ccc(CC#N)cc2)C1. The van der Waals surface area contributed by atoms with Crippen molar-refractivity contribution in [3.05, 3.63) is 46.8 Å². The van der Waals surface area contributed by atoms with E-state index in [2.05, 4.69) is 34.8 Å². The molecule has 1 aromatic heterocycles. The molecule has 0 atom stereocenters. The van der Waals surface area contributed by atoms with Crippen LogP contribution in [0.25, 0.3) is 5.69 Å². The fourth-order valence-electron chi connectivity index (χ4n) is 3.32. The molecule has 2 heterocycles. The Labute approximate surface area is 131 Å². The minimum absolute atomic E-state index is 0.468. The molecule has 4 heteroatoms. The van der Waals surface area contributed by atoms with Crippen molar-refractivity contribution in [2.75, 3.05) is 13.6 Å². The van der Waals surface area contributed by atoms with Crippen molar-refractivity contribution >= 4 is 0 Å². The van der Waals surface area contributed by atoms with Crippen molar-refractivity contribution in [3.63, 3.8) is 0 Å². The molecular weight excluding hydrogens is 272 g/mol. The summed E-state index contributed by atoms with van der Waals surface area (Å²) < 4.78 is 2.14. The highest BCUT2D eigenvalue weighted by atomic mass is 15.3. The van der Waals surface area contributed by atoms with E-state index in [-0.39, 0.29) is 0 Å². The van der Waals surface area contributed by atoms with E-state index in [0.717, 1.165) is 30.8 Å². The zero-order valence-corrected chi connectivity index (χ0v) is 12.9.